The first kappa shape index (κ1) is 30.8. The van der Waals surface area contributed by atoms with E-state index in [9.17, 15) is 14.4 Å². The van der Waals surface area contributed by atoms with Gasteiger partial charge in [0, 0.05) is 23.5 Å². The van der Waals surface area contributed by atoms with Crippen LogP contribution < -0.4 is 10.6 Å². The van der Waals surface area contributed by atoms with Gasteiger partial charge in [0.1, 0.15) is 17.7 Å². The summed E-state index contributed by atoms with van der Waals surface area (Å²) in [6.45, 7) is 9.46. The Bertz CT molecular complexity index is 1150. The van der Waals surface area contributed by atoms with Crippen molar-refractivity contribution in [3.63, 3.8) is 0 Å². The van der Waals surface area contributed by atoms with Crippen LogP contribution in [0.4, 0.5) is 10.5 Å². The molecule has 0 saturated heterocycles. The molecule has 0 radical (unpaired) electrons. The average Bonchev–Trinajstić information content (AvgIpc) is 2.86. The van der Waals surface area contributed by atoms with E-state index in [2.05, 4.69) is 36.1 Å². The number of thiol groups is 1. The van der Waals surface area contributed by atoms with Crippen molar-refractivity contribution in [3.8, 4) is 12.3 Å². The second-order valence-electron chi connectivity index (χ2n) is 10.1. The van der Waals surface area contributed by atoms with Gasteiger partial charge in [-0.25, -0.2) is 4.79 Å². The lowest BCUT2D eigenvalue weighted by Gasteiger charge is -2.34. The van der Waals surface area contributed by atoms with Crippen LogP contribution in [0.5, 0.6) is 0 Å². The Morgan fingerprint density at radius 1 is 1.08 bits per heavy atom. The Morgan fingerprint density at radius 2 is 1.74 bits per heavy atom. The molecule has 2 aromatic carbocycles. The zero-order chi connectivity index (χ0) is 28.3. The van der Waals surface area contributed by atoms with Crippen LogP contribution in [0.3, 0.4) is 0 Å². The highest BCUT2D eigenvalue weighted by atomic mass is 32.1. The Morgan fingerprint density at radius 3 is 2.34 bits per heavy atom. The first-order valence-corrected chi connectivity index (χ1v) is 13.5. The number of nitrogens with one attached hydrogen (secondary N) is 2. The van der Waals surface area contributed by atoms with E-state index in [-0.39, 0.29) is 12.3 Å². The molecule has 0 aliphatic heterocycles. The van der Waals surface area contributed by atoms with Crippen molar-refractivity contribution in [1.82, 2.24) is 10.2 Å². The highest BCUT2D eigenvalue weighted by Gasteiger charge is 2.36. The monoisotopic (exact) mass is 537 g/mol. The quantitative estimate of drug-likeness (QED) is 0.201. The first-order chi connectivity index (χ1) is 18.0. The van der Waals surface area contributed by atoms with Crippen molar-refractivity contribution < 1.29 is 19.1 Å². The number of terminal acetylenes is 1. The fraction of sp³-hybridized carbons (Fsp3) is 0.433. The summed E-state index contributed by atoms with van der Waals surface area (Å²) in [5.41, 5.74) is 1.82. The lowest BCUT2D eigenvalue weighted by atomic mass is 9.97. The average molecular weight is 538 g/mol. The lowest BCUT2D eigenvalue weighted by molar-refractivity contribution is -0.140. The van der Waals surface area contributed by atoms with Gasteiger partial charge in [-0.2, -0.15) is 12.6 Å². The van der Waals surface area contributed by atoms with Gasteiger partial charge < -0.3 is 20.3 Å². The number of benzene rings is 2. The number of anilines is 1. The molecular formula is C30H39N3O4S. The summed E-state index contributed by atoms with van der Waals surface area (Å²) >= 11 is 4.33. The van der Waals surface area contributed by atoms with Crippen molar-refractivity contribution in [3.05, 3.63) is 65.2 Å². The van der Waals surface area contributed by atoms with Gasteiger partial charge in [0.15, 0.2) is 0 Å². The van der Waals surface area contributed by atoms with Crippen LogP contribution in [-0.4, -0.2) is 46.7 Å². The summed E-state index contributed by atoms with van der Waals surface area (Å²) in [5.74, 6) is 1.82. The zero-order valence-corrected chi connectivity index (χ0v) is 23.8. The standard InChI is InChI=1S/C30H39N3O4S/c1-7-9-14-19-33(28(35)25(20-38)32-29(36)37-30(4,5)6)26(23-17-12-11-16-22(23)8-2)27(34)31-24-18-13-10-15-21(24)3/h2,10-13,15-18,25-26,38H,7,9,14,19-20H2,1,3-6H3,(H,31,34)(H,32,36). The fourth-order valence-electron chi connectivity index (χ4n) is 3.97. The van der Waals surface area contributed by atoms with Crippen molar-refractivity contribution >= 4 is 36.2 Å². The summed E-state index contributed by atoms with van der Waals surface area (Å²) in [6.07, 6.45) is 7.52. The molecule has 2 aromatic rings. The van der Waals surface area contributed by atoms with Gasteiger partial charge >= 0.3 is 6.09 Å². The number of para-hydroxylation sites is 1. The molecule has 0 bridgehead atoms. The zero-order valence-electron chi connectivity index (χ0n) is 22.9. The molecule has 0 aromatic heterocycles. The first-order valence-electron chi connectivity index (χ1n) is 12.8. The third-order valence-corrected chi connectivity index (χ3v) is 6.20. The van der Waals surface area contributed by atoms with E-state index >= 15 is 0 Å². The third-order valence-electron chi connectivity index (χ3n) is 5.83. The summed E-state index contributed by atoms with van der Waals surface area (Å²) in [4.78, 5) is 41.9. The van der Waals surface area contributed by atoms with Crippen molar-refractivity contribution in [2.24, 2.45) is 0 Å². The molecule has 0 saturated carbocycles. The van der Waals surface area contributed by atoms with Gasteiger partial charge in [-0.15, -0.1) is 6.42 Å². The summed E-state index contributed by atoms with van der Waals surface area (Å²) in [5, 5.41) is 5.61. The molecule has 0 aliphatic carbocycles. The molecule has 7 nitrogen and oxygen atoms in total. The van der Waals surface area contributed by atoms with Crippen LogP contribution in [0, 0.1) is 19.3 Å². The number of carbonyl (C=O) groups excluding carboxylic acids is 3. The molecule has 0 fully saturated rings. The van der Waals surface area contributed by atoms with Crippen LogP contribution in [-0.2, 0) is 14.3 Å². The summed E-state index contributed by atoms with van der Waals surface area (Å²) < 4.78 is 5.36. The minimum absolute atomic E-state index is 0.0191. The molecule has 0 heterocycles. The number of ether oxygens (including phenoxy) is 1. The highest BCUT2D eigenvalue weighted by Crippen LogP contribution is 2.28. The number of unbranched alkanes of at least 4 members (excludes halogenated alkanes) is 2. The smallest absolute Gasteiger partial charge is 0.408 e. The molecule has 2 rings (SSSR count). The molecule has 2 N–H and O–H groups in total. The fourth-order valence-corrected chi connectivity index (χ4v) is 4.21. The minimum Gasteiger partial charge on any atom is -0.444 e. The largest absolute Gasteiger partial charge is 0.444 e. The van der Waals surface area contributed by atoms with Crippen LogP contribution in [0.15, 0.2) is 48.5 Å². The lowest BCUT2D eigenvalue weighted by Crippen LogP contribution is -2.53. The molecule has 3 amide bonds. The van der Waals surface area contributed by atoms with Gasteiger partial charge in [-0.1, -0.05) is 62.1 Å². The van der Waals surface area contributed by atoms with E-state index in [1.165, 1.54) is 4.90 Å². The molecule has 2 atom stereocenters. The van der Waals surface area contributed by atoms with Crippen LogP contribution in [0.25, 0.3) is 0 Å². The van der Waals surface area contributed by atoms with Crippen LogP contribution in [0.1, 0.15) is 69.7 Å². The van der Waals surface area contributed by atoms with E-state index in [0.717, 1.165) is 18.4 Å². The second-order valence-corrected chi connectivity index (χ2v) is 10.4. The van der Waals surface area contributed by atoms with E-state index in [0.29, 0.717) is 23.2 Å². The predicted octanol–water partition coefficient (Wildman–Crippen LogP) is 5.50. The number of hydrogen-bond donors (Lipinski definition) is 3. The molecule has 0 spiro atoms. The summed E-state index contributed by atoms with van der Waals surface area (Å²) in [7, 11) is 0. The molecule has 8 heteroatoms. The Labute approximate surface area is 232 Å². The van der Waals surface area contributed by atoms with Gasteiger partial charge in [0.2, 0.25) is 5.91 Å². The SMILES string of the molecule is C#Cc1ccccc1C(C(=O)Nc1ccccc1C)N(CCCCC)C(=O)C(CS)NC(=O)OC(C)(C)C. The molecule has 2 unspecified atom stereocenters. The number of amides is 3. The Balaban J connectivity index is 2.55. The van der Waals surface area contributed by atoms with Crippen LogP contribution >= 0.6 is 12.6 Å². The maximum atomic E-state index is 14.0. The normalized spacial score (nSPS) is 12.6. The van der Waals surface area contributed by atoms with E-state index < -0.39 is 35.6 Å². The van der Waals surface area contributed by atoms with Gasteiger partial charge in [0.05, 0.1) is 0 Å². The number of rotatable bonds is 11. The van der Waals surface area contributed by atoms with E-state index in [4.69, 9.17) is 11.2 Å². The van der Waals surface area contributed by atoms with Crippen molar-refractivity contribution in [2.45, 2.75) is 71.6 Å². The number of nitrogens with zero attached hydrogens (tertiary/aromatic N) is 1. The topological polar surface area (TPSA) is 87.7 Å². The second kappa shape index (κ2) is 14.5. The third kappa shape index (κ3) is 8.84. The number of aryl methyl sites for hydroxylation is 1. The molecule has 38 heavy (non-hydrogen) atoms. The van der Waals surface area contributed by atoms with E-state index in [1.54, 1.807) is 51.1 Å². The Hall–Kier alpha value is -3.44. The van der Waals surface area contributed by atoms with Gasteiger partial charge in [0.25, 0.3) is 5.91 Å². The number of alkyl carbamates (subject to hydrolysis) is 1. The van der Waals surface area contributed by atoms with Crippen LogP contribution in [0.2, 0.25) is 0 Å². The van der Waals surface area contributed by atoms with Crippen molar-refractivity contribution in [1.29, 1.82) is 0 Å². The molecule has 204 valence electrons. The highest BCUT2D eigenvalue weighted by molar-refractivity contribution is 7.80. The van der Waals surface area contributed by atoms with Crippen molar-refractivity contribution in [2.75, 3.05) is 17.6 Å². The van der Waals surface area contributed by atoms with Gasteiger partial charge in [-0.3, -0.25) is 9.59 Å². The Kier molecular flexibility index (Phi) is 11.7. The summed E-state index contributed by atoms with van der Waals surface area (Å²) in [6, 6.07) is 12.5. The molecular weight excluding hydrogens is 498 g/mol. The predicted molar refractivity (Wildman–Crippen MR) is 155 cm³/mol. The minimum atomic E-state index is -1.03. The number of hydrogen-bond acceptors (Lipinski definition) is 5. The van der Waals surface area contributed by atoms with E-state index in [1.807, 2.05) is 25.1 Å². The maximum Gasteiger partial charge on any atom is 0.408 e. The number of carbonyl (C=O) groups is 3. The molecule has 0 aliphatic rings. The maximum absolute atomic E-state index is 14.0. The van der Waals surface area contributed by atoms with Gasteiger partial charge in [-0.05, 0) is 57.4 Å².